The van der Waals surface area contributed by atoms with Crippen molar-refractivity contribution in [1.29, 1.82) is 0 Å². The second kappa shape index (κ2) is 8.35. The number of aliphatic hydroxyl groups excluding tert-OH is 1. The first-order chi connectivity index (χ1) is 16.5. The fraction of sp³-hybridized carbons (Fsp3) is 0.353. The summed E-state index contributed by atoms with van der Waals surface area (Å²) in [5.41, 5.74) is 7.00. The molecule has 0 saturated heterocycles. The Kier molecular flexibility index (Phi) is 5.68. The molecule has 1 aliphatic carbocycles. The fourth-order valence-electron chi connectivity index (χ4n) is 6.20. The van der Waals surface area contributed by atoms with Crippen LogP contribution in [0.15, 0.2) is 84.9 Å². The number of fused-ring (bicyclic) bond motifs is 4. The maximum Gasteiger partial charge on any atom is 0.0723 e. The molecular formula is C34H38O. The summed E-state index contributed by atoms with van der Waals surface area (Å²) in [5, 5.41) is 14.8. The lowest BCUT2D eigenvalue weighted by Gasteiger charge is -2.40. The van der Waals surface area contributed by atoms with Gasteiger partial charge in [-0.1, -0.05) is 120 Å². The zero-order chi connectivity index (χ0) is 25.0. The van der Waals surface area contributed by atoms with E-state index >= 15 is 0 Å². The Bertz CT molecular complexity index is 1330. The van der Waals surface area contributed by atoms with Gasteiger partial charge in [0, 0.05) is 0 Å². The highest BCUT2D eigenvalue weighted by Gasteiger charge is 2.50. The van der Waals surface area contributed by atoms with Gasteiger partial charge in [0.2, 0.25) is 0 Å². The van der Waals surface area contributed by atoms with Crippen molar-refractivity contribution in [3.05, 3.63) is 107 Å². The molecular weight excluding hydrogens is 424 g/mol. The van der Waals surface area contributed by atoms with Crippen LogP contribution in [0, 0.1) is 10.8 Å². The average molecular weight is 463 g/mol. The standard InChI is InChI=1S/C34H38O/c1-32(2,3)21-24-20-25(19-23-13-7-8-14-26(23)24)34(31(35)22-33(4,5)6)29-17-11-9-15-27(29)28-16-10-12-18-30(28)34/h7-20,31,35H,21-22H2,1-6H3. The van der Waals surface area contributed by atoms with E-state index < -0.39 is 11.5 Å². The molecule has 4 aromatic carbocycles. The monoisotopic (exact) mass is 462 g/mol. The first kappa shape index (κ1) is 23.8. The van der Waals surface area contributed by atoms with Crippen LogP contribution in [-0.4, -0.2) is 11.2 Å². The average Bonchev–Trinajstić information content (AvgIpc) is 3.08. The van der Waals surface area contributed by atoms with Crippen molar-refractivity contribution in [2.24, 2.45) is 10.8 Å². The van der Waals surface area contributed by atoms with Crippen molar-refractivity contribution in [3.8, 4) is 11.1 Å². The van der Waals surface area contributed by atoms with Crippen LogP contribution in [0.25, 0.3) is 21.9 Å². The van der Waals surface area contributed by atoms with E-state index in [2.05, 4.69) is 126 Å². The van der Waals surface area contributed by atoms with Gasteiger partial charge in [-0.2, -0.15) is 0 Å². The third-order valence-electron chi connectivity index (χ3n) is 7.42. The number of benzene rings is 4. The second-order valence-electron chi connectivity index (χ2n) is 12.8. The normalized spacial score (nSPS) is 15.6. The molecule has 1 aliphatic rings. The third-order valence-corrected chi connectivity index (χ3v) is 7.42. The number of rotatable bonds is 4. The van der Waals surface area contributed by atoms with Gasteiger partial charge in [-0.25, -0.2) is 0 Å². The van der Waals surface area contributed by atoms with Crippen LogP contribution in [0.3, 0.4) is 0 Å². The Hall–Kier alpha value is -2.90. The van der Waals surface area contributed by atoms with Crippen LogP contribution in [0.1, 0.15) is 70.2 Å². The molecule has 5 rings (SSSR count). The lowest BCUT2D eigenvalue weighted by atomic mass is 9.64. The molecule has 0 spiro atoms. The molecule has 1 N–H and O–H groups in total. The molecule has 0 amide bonds. The van der Waals surface area contributed by atoms with E-state index in [-0.39, 0.29) is 10.8 Å². The van der Waals surface area contributed by atoms with Gasteiger partial charge >= 0.3 is 0 Å². The molecule has 0 bridgehead atoms. The van der Waals surface area contributed by atoms with E-state index in [1.165, 1.54) is 44.2 Å². The highest BCUT2D eigenvalue weighted by Crippen LogP contribution is 2.56. The summed E-state index contributed by atoms with van der Waals surface area (Å²) >= 11 is 0. The van der Waals surface area contributed by atoms with Gasteiger partial charge in [0.25, 0.3) is 0 Å². The molecule has 0 fully saturated rings. The quantitative estimate of drug-likeness (QED) is 0.322. The highest BCUT2D eigenvalue weighted by atomic mass is 16.3. The summed E-state index contributed by atoms with van der Waals surface area (Å²) in [6.07, 6.45) is 1.13. The van der Waals surface area contributed by atoms with Gasteiger partial charge in [0.05, 0.1) is 11.5 Å². The minimum atomic E-state index is -0.614. The van der Waals surface area contributed by atoms with Crippen molar-refractivity contribution in [3.63, 3.8) is 0 Å². The molecule has 1 nitrogen and oxygen atoms in total. The van der Waals surface area contributed by atoms with Gasteiger partial charge in [0.15, 0.2) is 0 Å². The zero-order valence-electron chi connectivity index (χ0n) is 22.0. The van der Waals surface area contributed by atoms with Crippen LogP contribution in [0.5, 0.6) is 0 Å². The van der Waals surface area contributed by atoms with E-state index in [4.69, 9.17) is 0 Å². The van der Waals surface area contributed by atoms with Crippen LogP contribution in [-0.2, 0) is 11.8 Å². The highest BCUT2D eigenvalue weighted by molar-refractivity contribution is 5.90. The van der Waals surface area contributed by atoms with Crippen molar-refractivity contribution in [2.75, 3.05) is 0 Å². The summed E-state index contributed by atoms with van der Waals surface area (Å²) in [6.45, 7) is 13.6. The summed E-state index contributed by atoms with van der Waals surface area (Å²) in [4.78, 5) is 0. The molecule has 35 heavy (non-hydrogen) atoms. The van der Waals surface area contributed by atoms with E-state index in [1.54, 1.807) is 0 Å². The predicted molar refractivity (Wildman–Crippen MR) is 149 cm³/mol. The van der Waals surface area contributed by atoms with Crippen LogP contribution in [0.2, 0.25) is 0 Å². The second-order valence-corrected chi connectivity index (χ2v) is 12.8. The fourth-order valence-corrected chi connectivity index (χ4v) is 6.20. The molecule has 0 heterocycles. The van der Waals surface area contributed by atoms with Crippen LogP contribution < -0.4 is 0 Å². The van der Waals surface area contributed by atoms with Crippen LogP contribution in [0.4, 0.5) is 0 Å². The molecule has 0 saturated carbocycles. The Morgan fingerprint density at radius 3 is 1.80 bits per heavy atom. The summed E-state index contributed by atoms with van der Waals surface area (Å²) in [7, 11) is 0. The Labute approximate surface area is 210 Å². The molecule has 1 atom stereocenters. The molecule has 1 heteroatoms. The van der Waals surface area contributed by atoms with E-state index in [1.807, 2.05) is 0 Å². The Balaban J connectivity index is 1.88. The van der Waals surface area contributed by atoms with Gasteiger partial charge in [-0.15, -0.1) is 0 Å². The summed E-state index contributed by atoms with van der Waals surface area (Å²) < 4.78 is 0. The minimum absolute atomic E-state index is 0.00994. The molecule has 1 unspecified atom stereocenters. The Morgan fingerprint density at radius 1 is 0.686 bits per heavy atom. The minimum Gasteiger partial charge on any atom is -0.391 e. The number of hydrogen-bond donors (Lipinski definition) is 1. The third kappa shape index (κ3) is 4.10. The van der Waals surface area contributed by atoms with E-state index in [9.17, 15) is 5.11 Å². The van der Waals surface area contributed by atoms with E-state index in [0.717, 1.165) is 6.42 Å². The molecule has 0 radical (unpaired) electrons. The molecule has 180 valence electrons. The zero-order valence-corrected chi connectivity index (χ0v) is 22.0. The maximum atomic E-state index is 12.3. The smallest absolute Gasteiger partial charge is 0.0723 e. The summed E-state index contributed by atoms with van der Waals surface area (Å²) in [5.74, 6) is 0. The van der Waals surface area contributed by atoms with Gasteiger partial charge in [-0.3, -0.25) is 0 Å². The lowest BCUT2D eigenvalue weighted by molar-refractivity contribution is 0.0786. The number of hydrogen-bond acceptors (Lipinski definition) is 1. The van der Waals surface area contributed by atoms with E-state index in [0.29, 0.717) is 6.42 Å². The molecule has 0 aromatic heterocycles. The van der Waals surface area contributed by atoms with Crippen molar-refractivity contribution >= 4 is 10.8 Å². The first-order valence-electron chi connectivity index (χ1n) is 12.9. The topological polar surface area (TPSA) is 20.2 Å². The maximum absolute atomic E-state index is 12.3. The largest absolute Gasteiger partial charge is 0.391 e. The van der Waals surface area contributed by atoms with Gasteiger partial charge < -0.3 is 5.11 Å². The summed E-state index contributed by atoms with van der Waals surface area (Å²) in [6, 6.07) is 30.9. The molecule has 0 aliphatic heterocycles. The number of aliphatic hydroxyl groups is 1. The Morgan fingerprint density at radius 2 is 1.23 bits per heavy atom. The SMILES string of the molecule is CC(C)(C)Cc1cc(C2(C(O)CC(C)(C)C)c3ccccc3-c3ccccc32)cc2ccccc12. The lowest BCUT2D eigenvalue weighted by Crippen LogP contribution is -2.42. The van der Waals surface area contributed by atoms with Crippen molar-refractivity contribution in [1.82, 2.24) is 0 Å². The van der Waals surface area contributed by atoms with Gasteiger partial charge in [0.1, 0.15) is 0 Å². The van der Waals surface area contributed by atoms with Gasteiger partial charge in [-0.05, 0) is 73.9 Å². The van der Waals surface area contributed by atoms with Crippen molar-refractivity contribution < 1.29 is 5.11 Å². The van der Waals surface area contributed by atoms with Crippen molar-refractivity contribution in [2.45, 2.75) is 65.9 Å². The first-order valence-corrected chi connectivity index (χ1v) is 12.9. The molecule has 4 aromatic rings. The van der Waals surface area contributed by atoms with Crippen LogP contribution >= 0.6 is 0 Å². The predicted octanol–water partition coefficient (Wildman–Crippen LogP) is 8.54.